The van der Waals surface area contributed by atoms with Crippen LogP contribution in [-0.4, -0.2) is 33.1 Å². The molecule has 0 atom stereocenters. The third kappa shape index (κ3) is 3.51. The number of hydrogen-bond acceptors (Lipinski definition) is 4. The average Bonchev–Trinajstić information content (AvgIpc) is 3.07. The number of rotatable bonds is 4. The SMILES string of the molecule is O=C1CCCN1N=C(Cc1ccnc2ccc(Br)cc12)c1ccccn1. The molecule has 5 nitrogen and oxygen atoms in total. The molecule has 0 bridgehead atoms. The Morgan fingerprint density at radius 3 is 2.85 bits per heavy atom. The Labute approximate surface area is 159 Å². The summed E-state index contributed by atoms with van der Waals surface area (Å²) in [5.74, 6) is 0.0701. The average molecular weight is 409 g/mol. The molecule has 130 valence electrons. The van der Waals surface area contributed by atoms with E-state index in [1.54, 1.807) is 11.2 Å². The molecule has 1 amide bonds. The van der Waals surface area contributed by atoms with Crippen LogP contribution in [0.5, 0.6) is 0 Å². The Morgan fingerprint density at radius 1 is 1.15 bits per heavy atom. The third-order valence-electron chi connectivity index (χ3n) is 4.40. The monoisotopic (exact) mass is 408 g/mol. The largest absolute Gasteiger partial charge is 0.273 e. The van der Waals surface area contributed by atoms with Crippen LogP contribution in [0, 0.1) is 0 Å². The van der Waals surface area contributed by atoms with Gasteiger partial charge in [-0.15, -0.1) is 0 Å². The van der Waals surface area contributed by atoms with E-state index in [2.05, 4.69) is 37.1 Å². The fourth-order valence-corrected chi connectivity index (χ4v) is 3.47. The molecule has 3 aromatic rings. The molecule has 0 N–H and O–H groups in total. The number of aromatic nitrogens is 2. The molecule has 0 saturated carbocycles. The number of pyridine rings is 2. The van der Waals surface area contributed by atoms with E-state index >= 15 is 0 Å². The standard InChI is InChI=1S/C20H17BrN4O/c21-15-6-7-17-16(13-15)14(8-10-23-17)12-19(18-4-1-2-9-22-18)24-25-11-3-5-20(25)26/h1-2,4,6-10,13H,3,5,11-12H2. The van der Waals surface area contributed by atoms with Crippen molar-refractivity contribution in [2.45, 2.75) is 19.3 Å². The maximum Gasteiger partial charge on any atom is 0.242 e. The van der Waals surface area contributed by atoms with E-state index in [1.807, 2.05) is 42.6 Å². The van der Waals surface area contributed by atoms with Crippen LogP contribution in [0.1, 0.15) is 24.1 Å². The first-order valence-electron chi connectivity index (χ1n) is 8.53. The molecule has 3 heterocycles. The first kappa shape index (κ1) is 16.8. The lowest BCUT2D eigenvalue weighted by molar-refractivity contribution is -0.127. The molecule has 1 aromatic carbocycles. The predicted molar refractivity (Wildman–Crippen MR) is 105 cm³/mol. The number of benzene rings is 1. The summed E-state index contributed by atoms with van der Waals surface area (Å²) in [4.78, 5) is 20.9. The number of fused-ring (bicyclic) bond motifs is 1. The molecule has 0 spiro atoms. The van der Waals surface area contributed by atoms with Crippen molar-refractivity contribution in [1.82, 2.24) is 15.0 Å². The molecule has 4 rings (SSSR count). The number of hydrazone groups is 1. The summed E-state index contributed by atoms with van der Waals surface area (Å²) < 4.78 is 1.00. The van der Waals surface area contributed by atoms with Gasteiger partial charge in [0.25, 0.3) is 0 Å². The zero-order chi connectivity index (χ0) is 17.9. The molecule has 2 aromatic heterocycles. The zero-order valence-electron chi connectivity index (χ0n) is 14.1. The Balaban J connectivity index is 1.77. The normalized spacial score (nSPS) is 15.0. The Hall–Kier alpha value is -2.60. The van der Waals surface area contributed by atoms with Gasteiger partial charge < -0.3 is 0 Å². The highest BCUT2D eigenvalue weighted by molar-refractivity contribution is 9.10. The maximum atomic E-state index is 12.0. The quantitative estimate of drug-likeness (QED) is 0.613. The summed E-state index contributed by atoms with van der Waals surface area (Å²) in [6.07, 6.45) is 5.55. The summed E-state index contributed by atoms with van der Waals surface area (Å²) in [5.41, 5.74) is 3.61. The van der Waals surface area contributed by atoms with Crippen molar-refractivity contribution in [1.29, 1.82) is 0 Å². The Morgan fingerprint density at radius 2 is 2.08 bits per heavy atom. The highest BCUT2D eigenvalue weighted by atomic mass is 79.9. The smallest absolute Gasteiger partial charge is 0.242 e. The van der Waals surface area contributed by atoms with E-state index < -0.39 is 0 Å². The minimum Gasteiger partial charge on any atom is -0.273 e. The minimum absolute atomic E-state index is 0.0701. The van der Waals surface area contributed by atoms with Gasteiger partial charge in [0.2, 0.25) is 5.91 Å². The highest BCUT2D eigenvalue weighted by Crippen LogP contribution is 2.23. The van der Waals surface area contributed by atoms with E-state index in [0.717, 1.165) is 38.8 Å². The molecule has 1 aliphatic heterocycles. The number of carbonyl (C=O) groups is 1. The lowest BCUT2D eigenvalue weighted by Gasteiger charge is -2.14. The number of nitrogens with zero attached hydrogens (tertiary/aromatic N) is 4. The predicted octanol–water partition coefficient (Wildman–Crippen LogP) is 3.96. The van der Waals surface area contributed by atoms with Crippen LogP contribution in [-0.2, 0) is 11.2 Å². The van der Waals surface area contributed by atoms with Crippen molar-refractivity contribution < 1.29 is 4.79 Å². The Bertz CT molecular complexity index is 988. The van der Waals surface area contributed by atoms with Gasteiger partial charge in [0.05, 0.1) is 16.9 Å². The van der Waals surface area contributed by atoms with E-state index in [9.17, 15) is 4.79 Å². The second-order valence-electron chi connectivity index (χ2n) is 6.19. The number of amides is 1. The Kier molecular flexibility index (Phi) is 4.75. The summed E-state index contributed by atoms with van der Waals surface area (Å²) in [6, 6.07) is 13.8. The molecule has 26 heavy (non-hydrogen) atoms. The highest BCUT2D eigenvalue weighted by Gasteiger charge is 2.21. The van der Waals surface area contributed by atoms with Crippen LogP contribution < -0.4 is 0 Å². The van der Waals surface area contributed by atoms with Gasteiger partial charge in [-0.25, -0.2) is 5.01 Å². The maximum absolute atomic E-state index is 12.0. The number of hydrogen-bond donors (Lipinski definition) is 0. The van der Waals surface area contributed by atoms with Gasteiger partial charge in [-0.3, -0.25) is 14.8 Å². The van der Waals surface area contributed by atoms with Gasteiger partial charge in [-0.2, -0.15) is 5.10 Å². The number of carbonyl (C=O) groups excluding carboxylic acids is 1. The van der Waals surface area contributed by atoms with E-state index in [4.69, 9.17) is 0 Å². The van der Waals surface area contributed by atoms with Gasteiger partial charge >= 0.3 is 0 Å². The first-order chi connectivity index (χ1) is 12.7. The van der Waals surface area contributed by atoms with Crippen molar-refractivity contribution in [3.05, 3.63) is 70.6 Å². The molecule has 1 aliphatic rings. The van der Waals surface area contributed by atoms with Gasteiger partial charge in [0.15, 0.2) is 0 Å². The van der Waals surface area contributed by atoms with E-state index in [-0.39, 0.29) is 5.91 Å². The van der Waals surface area contributed by atoms with Gasteiger partial charge in [0.1, 0.15) is 0 Å². The van der Waals surface area contributed by atoms with Crippen molar-refractivity contribution in [2.75, 3.05) is 6.54 Å². The topological polar surface area (TPSA) is 58.5 Å². The summed E-state index contributed by atoms with van der Waals surface area (Å²) >= 11 is 3.53. The van der Waals surface area contributed by atoms with Crippen molar-refractivity contribution >= 4 is 38.5 Å². The lowest BCUT2D eigenvalue weighted by Crippen LogP contribution is -2.22. The van der Waals surface area contributed by atoms with Crippen molar-refractivity contribution in [3.63, 3.8) is 0 Å². The van der Waals surface area contributed by atoms with Crippen molar-refractivity contribution in [2.24, 2.45) is 5.10 Å². The van der Waals surface area contributed by atoms with Crippen LogP contribution in [0.25, 0.3) is 10.9 Å². The fraction of sp³-hybridized carbons (Fsp3) is 0.200. The molecule has 1 fully saturated rings. The van der Waals surface area contributed by atoms with E-state index in [1.165, 1.54) is 0 Å². The van der Waals surface area contributed by atoms with E-state index in [0.29, 0.717) is 19.4 Å². The van der Waals surface area contributed by atoms with Gasteiger partial charge in [0, 0.05) is 41.6 Å². The van der Waals surface area contributed by atoms with Gasteiger partial charge in [-0.05, 0) is 48.4 Å². The molecular formula is C20H17BrN4O. The van der Waals surface area contributed by atoms with Gasteiger partial charge in [-0.1, -0.05) is 22.0 Å². The number of halogens is 1. The summed E-state index contributed by atoms with van der Waals surface area (Å²) in [5, 5.41) is 7.30. The molecule has 1 saturated heterocycles. The fourth-order valence-electron chi connectivity index (χ4n) is 3.11. The zero-order valence-corrected chi connectivity index (χ0v) is 15.7. The first-order valence-corrected chi connectivity index (χ1v) is 9.32. The van der Waals surface area contributed by atoms with Crippen LogP contribution >= 0.6 is 15.9 Å². The van der Waals surface area contributed by atoms with Crippen LogP contribution in [0.4, 0.5) is 0 Å². The summed E-state index contributed by atoms with van der Waals surface area (Å²) in [7, 11) is 0. The van der Waals surface area contributed by atoms with Crippen LogP contribution in [0.2, 0.25) is 0 Å². The minimum atomic E-state index is 0.0701. The second kappa shape index (κ2) is 7.33. The van der Waals surface area contributed by atoms with Crippen LogP contribution in [0.3, 0.4) is 0 Å². The molecule has 0 unspecified atom stereocenters. The molecular weight excluding hydrogens is 392 g/mol. The van der Waals surface area contributed by atoms with Crippen molar-refractivity contribution in [3.8, 4) is 0 Å². The molecule has 0 radical (unpaired) electrons. The molecule has 6 heteroatoms. The lowest BCUT2D eigenvalue weighted by atomic mass is 10.0. The summed E-state index contributed by atoms with van der Waals surface area (Å²) in [6.45, 7) is 0.664. The second-order valence-corrected chi connectivity index (χ2v) is 7.11. The van der Waals surface area contributed by atoms with Crippen LogP contribution in [0.15, 0.2) is 64.4 Å². The molecule has 0 aliphatic carbocycles. The third-order valence-corrected chi connectivity index (χ3v) is 4.90.